The predicted octanol–water partition coefficient (Wildman–Crippen LogP) is 3.23. The van der Waals surface area contributed by atoms with Crippen molar-refractivity contribution in [2.24, 2.45) is 35.5 Å². The second-order valence-corrected chi connectivity index (χ2v) is 16.0. The number of rotatable bonds is 8. The Morgan fingerprint density at radius 3 is 2.29 bits per heavy atom. The Bertz CT molecular complexity index is 1070. The van der Waals surface area contributed by atoms with Crippen LogP contribution in [0.2, 0.25) is 0 Å². The van der Waals surface area contributed by atoms with Crippen molar-refractivity contribution in [3.05, 3.63) is 0 Å². The maximum absolute atomic E-state index is 11.6. The highest BCUT2D eigenvalue weighted by Crippen LogP contribution is 2.54. The zero-order valence-corrected chi connectivity index (χ0v) is 28.3. The molecule has 5 heterocycles. The van der Waals surface area contributed by atoms with Gasteiger partial charge in [-0.15, -0.1) is 0 Å². The highest BCUT2D eigenvalue weighted by Gasteiger charge is 2.61. The lowest BCUT2D eigenvalue weighted by atomic mass is 9.78. The van der Waals surface area contributed by atoms with Crippen molar-refractivity contribution in [1.29, 1.82) is 0 Å². The molecular weight excluding hydrogens is 584 g/mol. The van der Waals surface area contributed by atoms with Crippen LogP contribution in [0.1, 0.15) is 100 Å². The number of carboxylic acid groups (broad SMARTS) is 1. The molecule has 0 radical (unpaired) electrons. The van der Waals surface area contributed by atoms with Gasteiger partial charge in [-0.1, -0.05) is 34.6 Å². The maximum atomic E-state index is 11.6. The van der Waals surface area contributed by atoms with Crippen LogP contribution in [0.5, 0.6) is 0 Å². The Labute approximate surface area is 267 Å². The number of carboxylic acids is 1. The predicted molar refractivity (Wildman–Crippen MR) is 163 cm³/mol. The normalized spacial score (nSPS) is 52.6. The molecule has 17 atom stereocenters. The summed E-state index contributed by atoms with van der Waals surface area (Å²) in [6.45, 7) is 15.0. The van der Waals surface area contributed by atoms with Crippen molar-refractivity contribution in [2.45, 2.75) is 166 Å². The van der Waals surface area contributed by atoms with Crippen molar-refractivity contribution in [3.8, 4) is 0 Å². The highest BCUT2D eigenvalue weighted by atomic mass is 16.7. The van der Waals surface area contributed by atoms with Crippen molar-refractivity contribution in [3.63, 3.8) is 0 Å². The van der Waals surface area contributed by atoms with Gasteiger partial charge in [0.05, 0.1) is 66.5 Å². The third kappa shape index (κ3) is 6.35. The van der Waals surface area contributed by atoms with Crippen LogP contribution < -0.4 is 0 Å². The van der Waals surface area contributed by atoms with E-state index in [1.807, 2.05) is 20.8 Å². The molecule has 0 aromatic heterocycles. The van der Waals surface area contributed by atoms with Gasteiger partial charge in [0.25, 0.3) is 0 Å². The zero-order chi connectivity index (χ0) is 33.3. The fourth-order valence-corrected chi connectivity index (χ4v) is 9.23. The lowest BCUT2D eigenvalue weighted by Gasteiger charge is -2.48. The minimum absolute atomic E-state index is 0.170. The SMILES string of the molecule is C[C@@H]([C@@H](O)[C@H](C)C(=O)O)[C@H]1O[C@@]2(CC[C@@](C)([C@H]3CC[C@@](C)([C@@H]4O[C@@H]([C@H]5O[C@@](O)(CO)[C@H](C)C[C@@H]5C)C[C@@H]4C)O3)O2)C[C@H](O)[C@H]1C. The van der Waals surface area contributed by atoms with E-state index >= 15 is 0 Å². The van der Waals surface area contributed by atoms with E-state index in [-0.39, 0.29) is 48.1 Å². The Balaban J connectivity index is 1.25. The average molecular weight is 643 g/mol. The van der Waals surface area contributed by atoms with Gasteiger partial charge < -0.3 is 49.2 Å². The molecule has 0 saturated carbocycles. The second kappa shape index (κ2) is 12.5. The van der Waals surface area contributed by atoms with Gasteiger partial charge in [-0.25, -0.2) is 0 Å². The van der Waals surface area contributed by atoms with Gasteiger partial charge in [-0.3, -0.25) is 4.79 Å². The molecule has 0 bridgehead atoms. The van der Waals surface area contributed by atoms with Crippen LogP contribution in [-0.2, 0) is 28.5 Å². The molecule has 0 amide bonds. The van der Waals surface area contributed by atoms with E-state index in [1.165, 1.54) is 6.92 Å². The molecule has 5 N–H and O–H groups in total. The molecule has 0 aliphatic carbocycles. The molecule has 5 rings (SSSR count). The first kappa shape index (κ1) is 35.4. The lowest BCUT2D eigenvalue weighted by Crippen LogP contribution is -2.56. The molecule has 260 valence electrons. The van der Waals surface area contributed by atoms with E-state index in [2.05, 4.69) is 20.8 Å². The summed E-state index contributed by atoms with van der Waals surface area (Å²) in [5.74, 6) is -5.31. The number of ether oxygens (including phenoxy) is 5. The van der Waals surface area contributed by atoms with Crippen LogP contribution in [0, 0.1) is 35.5 Å². The summed E-state index contributed by atoms with van der Waals surface area (Å²) in [4.78, 5) is 11.6. The first-order chi connectivity index (χ1) is 20.9. The minimum Gasteiger partial charge on any atom is -0.481 e. The van der Waals surface area contributed by atoms with E-state index in [4.69, 9.17) is 23.7 Å². The number of hydrogen-bond donors (Lipinski definition) is 5. The topological polar surface area (TPSA) is 164 Å². The second-order valence-electron chi connectivity index (χ2n) is 16.0. The monoisotopic (exact) mass is 642 g/mol. The fraction of sp³-hybridized carbons (Fsp3) is 0.971. The van der Waals surface area contributed by atoms with E-state index in [0.29, 0.717) is 19.3 Å². The van der Waals surface area contributed by atoms with Gasteiger partial charge in [0.15, 0.2) is 11.6 Å². The maximum Gasteiger partial charge on any atom is 0.308 e. The molecule has 11 nitrogen and oxygen atoms in total. The van der Waals surface area contributed by atoms with Gasteiger partial charge >= 0.3 is 5.97 Å². The van der Waals surface area contributed by atoms with E-state index < -0.39 is 65.5 Å². The number of aliphatic hydroxyl groups is 4. The van der Waals surface area contributed by atoms with Crippen molar-refractivity contribution in [1.82, 2.24) is 0 Å². The van der Waals surface area contributed by atoms with E-state index in [1.54, 1.807) is 6.92 Å². The zero-order valence-electron chi connectivity index (χ0n) is 28.3. The number of carbonyl (C=O) groups is 1. The summed E-state index contributed by atoms with van der Waals surface area (Å²) < 4.78 is 33.1. The summed E-state index contributed by atoms with van der Waals surface area (Å²) in [6.07, 6.45) is 1.18. The smallest absolute Gasteiger partial charge is 0.308 e. The third-order valence-electron chi connectivity index (χ3n) is 12.4. The molecule has 5 saturated heterocycles. The number of aliphatic hydroxyl groups excluding tert-OH is 3. The van der Waals surface area contributed by atoms with Crippen molar-refractivity contribution < 1.29 is 54.0 Å². The Morgan fingerprint density at radius 2 is 1.64 bits per heavy atom. The Morgan fingerprint density at radius 1 is 0.956 bits per heavy atom. The molecule has 5 aliphatic heterocycles. The van der Waals surface area contributed by atoms with Crippen LogP contribution in [0.25, 0.3) is 0 Å². The van der Waals surface area contributed by atoms with Crippen LogP contribution in [0.3, 0.4) is 0 Å². The molecule has 45 heavy (non-hydrogen) atoms. The minimum atomic E-state index is -1.57. The summed E-state index contributed by atoms with van der Waals surface area (Å²) >= 11 is 0. The summed E-state index contributed by atoms with van der Waals surface area (Å²) in [5.41, 5.74) is -1.23. The molecule has 0 aromatic rings. The first-order valence-corrected chi connectivity index (χ1v) is 17.2. The highest BCUT2D eigenvalue weighted by molar-refractivity contribution is 5.70. The first-order valence-electron chi connectivity index (χ1n) is 17.2. The quantitative estimate of drug-likeness (QED) is 0.264. The molecule has 5 fully saturated rings. The summed E-state index contributed by atoms with van der Waals surface area (Å²) in [7, 11) is 0. The number of hydrogen-bond acceptors (Lipinski definition) is 10. The average Bonchev–Trinajstić information content (AvgIpc) is 3.67. The van der Waals surface area contributed by atoms with Gasteiger partial charge in [-0.2, -0.15) is 0 Å². The molecule has 1 spiro atoms. The Hall–Kier alpha value is -0.890. The van der Waals surface area contributed by atoms with Gasteiger partial charge in [0, 0.05) is 30.6 Å². The van der Waals surface area contributed by atoms with Crippen molar-refractivity contribution >= 4 is 5.97 Å². The van der Waals surface area contributed by atoms with E-state index in [0.717, 1.165) is 25.7 Å². The van der Waals surface area contributed by atoms with Crippen LogP contribution in [-0.4, -0.2) is 104 Å². The third-order valence-corrected chi connectivity index (χ3v) is 12.4. The van der Waals surface area contributed by atoms with E-state index in [9.17, 15) is 30.3 Å². The standard InChI is InChI=1S/C34H58O11/c1-17-13-19(3)34(40,16-35)44-27(17)24-14-18(2)29(41-24)32(8)10-9-25(42-32)31(7)11-12-33(45-31)15-23(36)20(4)28(43-33)21(5)26(37)22(6)30(38)39/h17-29,35-37,40H,9-16H2,1-8H3,(H,38,39)/t17-,18-,19+,20+,21-,22-,23-,24+,25+,26+,27-,28-,29+,31-,32-,33+,34-/m0/s1. The van der Waals surface area contributed by atoms with Gasteiger partial charge in [0.2, 0.25) is 0 Å². The molecular formula is C34H58O11. The summed E-state index contributed by atoms with van der Waals surface area (Å²) in [6, 6.07) is 0. The van der Waals surface area contributed by atoms with Crippen molar-refractivity contribution in [2.75, 3.05) is 6.61 Å². The summed E-state index contributed by atoms with van der Waals surface area (Å²) in [5, 5.41) is 52.2. The fourth-order valence-electron chi connectivity index (χ4n) is 9.23. The van der Waals surface area contributed by atoms with Crippen LogP contribution in [0.4, 0.5) is 0 Å². The van der Waals surface area contributed by atoms with Crippen LogP contribution in [0.15, 0.2) is 0 Å². The van der Waals surface area contributed by atoms with Gasteiger partial charge in [-0.05, 0) is 64.7 Å². The molecule has 11 heteroatoms. The molecule has 5 aliphatic rings. The Kier molecular flexibility index (Phi) is 9.86. The molecule has 0 unspecified atom stereocenters. The van der Waals surface area contributed by atoms with Crippen LogP contribution >= 0.6 is 0 Å². The number of aliphatic carboxylic acids is 1. The lowest BCUT2D eigenvalue weighted by molar-refractivity contribution is -0.335. The van der Waals surface area contributed by atoms with Gasteiger partial charge in [0.1, 0.15) is 0 Å². The molecule has 0 aromatic carbocycles. The largest absolute Gasteiger partial charge is 0.481 e.